The first-order valence-electron chi connectivity index (χ1n) is 6.33. The molecule has 0 aliphatic carbocycles. The minimum absolute atomic E-state index is 0.00218. The van der Waals surface area contributed by atoms with Crippen LogP contribution in [0.3, 0.4) is 0 Å². The number of benzene rings is 1. The predicted molar refractivity (Wildman–Crippen MR) is 73.5 cm³/mol. The Morgan fingerprint density at radius 3 is 2.79 bits per heavy atom. The van der Waals surface area contributed by atoms with Crippen molar-refractivity contribution in [2.24, 2.45) is 0 Å². The number of aliphatic hydroxyl groups is 2. The molecule has 4 nitrogen and oxygen atoms in total. The quantitative estimate of drug-likeness (QED) is 0.870. The van der Waals surface area contributed by atoms with Gasteiger partial charge >= 0.3 is 0 Å². The summed E-state index contributed by atoms with van der Waals surface area (Å²) in [5.74, 6) is 1.36. The summed E-state index contributed by atoms with van der Waals surface area (Å²) in [5.41, 5.74) is 1.07. The average Bonchev–Trinajstić information content (AvgIpc) is 2.79. The summed E-state index contributed by atoms with van der Waals surface area (Å²) in [6.07, 6.45) is 3.88. The highest BCUT2D eigenvalue weighted by atomic mass is 16.5. The maximum absolute atomic E-state index is 10.1. The Balaban J connectivity index is 2.35. The summed E-state index contributed by atoms with van der Waals surface area (Å²) in [6.45, 7) is 3.48. The number of rotatable bonds is 4. The van der Waals surface area contributed by atoms with Gasteiger partial charge in [0.05, 0.1) is 19.3 Å². The van der Waals surface area contributed by atoms with Crippen LogP contribution in [0.15, 0.2) is 18.2 Å². The molecule has 1 heterocycles. The molecule has 1 atom stereocenters. The van der Waals surface area contributed by atoms with Crippen LogP contribution >= 0.6 is 0 Å². The van der Waals surface area contributed by atoms with Crippen LogP contribution in [0.2, 0.25) is 0 Å². The van der Waals surface area contributed by atoms with Crippen LogP contribution in [0.1, 0.15) is 25.0 Å². The minimum Gasteiger partial charge on any atom is -0.493 e. The van der Waals surface area contributed by atoms with E-state index in [0.717, 1.165) is 11.1 Å². The average molecular weight is 264 g/mol. The Morgan fingerprint density at radius 2 is 2.21 bits per heavy atom. The Morgan fingerprint density at radius 1 is 1.47 bits per heavy atom. The van der Waals surface area contributed by atoms with Gasteiger partial charge in [0.15, 0.2) is 11.5 Å². The maximum Gasteiger partial charge on any atom is 0.165 e. The van der Waals surface area contributed by atoms with E-state index in [0.29, 0.717) is 17.9 Å². The second-order valence-corrected chi connectivity index (χ2v) is 5.26. The summed E-state index contributed by atoms with van der Waals surface area (Å²) in [5, 5.41) is 18.9. The molecule has 0 saturated heterocycles. The van der Waals surface area contributed by atoms with Gasteiger partial charge in [-0.15, -0.1) is 0 Å². The highest BCUT2D eigenvalue weighted by Crippen LogP contribution is 2.41. The van der Waals surface area contributed by atoms with E-state index in [9.17, 15) is 5.11 Å². The highest BCUT2D eigenvalue weighted by molar-refractivity contribution is 5.60. The first kappa shape index (κ1) is 13.9. The van der Waals surface area contributed by atoms with E-state index in [-0.39, 0.29) is 12.7 Å². The largest absolute Gasteiger partial charge is 0.493 e. The first-order chi connectivity index (χ1) is 8.95. The van der Waals surface area contributed by atoms with E-state index in [1.165, 1.54) is 0 Å². The third-order valence-electron chi connectivity index (χ3n) is 3.24. The van der Waals surface area contributed by atoms with Crippen molar-refractivity contribution in [3.8, 4) is 11.5 Å². The molecule has 1 unspecified atom stereocenters. The van der Waals surface area contributed by atoms with E-state index in [1.807, 2.05) is 18.2 Å². The van der Waals surface area contributed by atoms with Gasteiger partial charge < -0.3 is 19.7 Å². The summed E-state index contributed by atoms with van der Waals surface area (Å²) in [6, 6.07) is 3.85. The van der Waals surface area contributed by atoms with Crippen molar-refractivity contribution in [1.29, 1.82) is 0 Å². The number of ether oxygens (including phenoxy) is 2. The minimum atomic E-state index is -0.898. The second-order valence-electron chi connectivity index (χ2n) is 5.26. The number of aliphatic hydroxyl groups excluding tert-OH is 1. The summed E-state index contributed by atoms with van der Waals surface area (Å²) >= 11 is 0. The van der Waals surface area contributed by atoms with Gasteiger partial charge in [-0.05, 0) is 31.5 Å². The Labute approximate surface area is 113 Å². The van der Waals surface area contributed by atoms with Crippen LogP contribution in [0.4, 0.5) is 0 Å². The molecule has 0 fully saturated rings. The van der Waals surface area contributed by atoms with Crippen LogP contribution in [0.5, 0.6) is 11.5 Å². The van der Waals surface area contributed by atoms with Crippen molar-refractivity contribution in [2.45, 2.75) is 32.0 Å². The molecule has 0 amide bonds. The van der Waals surface area contributed by atoms with Crippen LogP contribution in [0, 0.1) is 0 Å². The maximum atomic E-state index is 10.1. The number of fused-ring (bicyclic) bond motifs is 1. The van der Waals surface area contributed by atoms with E-state index in [1.54, 1.807) is 27.0 Å². The molecule has 0 bridgehead atoms. The standard InChI is InChI=1S/C15H20O4/c1-15(2,17)13-9-11-7-10(5-4-6-16)8-12(18-3)14(11)19-13/h4-5,7-8,13,16-17H,6,9H2,1-3H3. The van der Waals surface area contributed by atoms with Gasteiger partial charge in [0.25, 0.3) is 0 Å². The lowest BCUT2D eigenvalue weighted by atomic mass is 9.96. The first-order valence-corrected chi connectivity index (χ1v) is 6.33. The molecule has 1 aromatic carbocycles. The van der Waals surface area contributed by atoms with E-state index >= 15 is 0 Å². The number of hydrogen-bond donors (Lipinski definition) is 2. The van der Waals surface area contributed by atoms with Gasteiger partial charge in [0.1, 0.15) is 6.10 Å². The summed E-state index contributed by atoms with van der Waals surface area (Å²) < 4.78 is 11.1. The molecule has 1 aliphatic rings. The van der Waals surface area contributed by atoms with Gasteiger partial charge in [-0.25, -0.2) is 0 Å². The Kier molecular flexibility index (Phi) is 3.83. The molecule has 2 N–H and O–H groups in total. The van der Waals surface area contributed by atoms with Crippen molar-refractivity contribution in [3.63, 3.8) is 0 Å². The smallest absolute Gasteiger partial charge is 0.165 e. The fourth-order valence-corrected chi connectivity index (χ4v) is 2.18. The monoisotopic (exact) mass is 264 g/mol. The lowest BCUT2D eigenvalue weighted by Crippen LogP contribution is -2.39. The third-order valence-corrected chi connectivity index (χ3v) is 3.24. The lowest BCUT2D eigenvalue weighted by Gasteiger charge is -2.24. The van der Waals surface area contributed by atoms with Gasteiger partial charge in [-0.1, -0.05) is 12.2 Å². The zero-order chi connectivity index (χ0) is 14.0. The van der Waals surface area contributed by atoms with Crippen molar-refractivity contribution in [3.05, 3.63) is 29.3 Å². The predicted octanol–water partition coefficient (Wildman–Crippen LogP) is 1.78. The Bertz CT molecular complexity index is 486. The summed E-state index contributed by atoms with van der Waals surface area (Å²) in [4.78, 5) is 0. The molecule has 19 heavy (non-hydrogen) atoms. The van der Waals surface area contributed by atoms with Crippen molar-refractivity contribution in [1.82, 2.24) is 0 Å². The molecule has 1 aromatic rings. The molecule has 0 spiro atoms. The van der Waals surface area contributed by atoms with E-state index in [4.69, 9.17) is 14.6 Å². The van der Waals surface area contributed by atoms with E-state index in [2.05, 4.69) is 0 Å². The lowest BCUT2D eigenvalue weighted by molar-refractivity contribution is -0.0235. The zero-order valence-corrected chi connectivity index (χ0v) is 11.5. The SMILES string of the molecule is COc1cc(C=CCO)cc2c1OC(C(C)(C)O)C2. The summed E-state index contributed by atoms with van der Waals surface area (Å²) in [7, 11) is 1.59. The molecule has 4 heteroatoms. The van der Waals surface area contributed by atoms with Crippen molar-refractivity contribution >= 4 is 6.08 Å². The molecule has 0 radical (unpaired) electrons. The van der Waals surface area contributed by atoms with Crippen LogP contribution in [-0.2, 0) is 6.42 Å². The van der Waals surface area contributed by atoms with Gasteiger partial charge in [-0.2, -0.15) is 0 Å². The van der Waals surface area contributed by atoms with Crippen molar-refractivity contribution < 1.29 is 19.7 Å². The topological polar surface area (TPSA) is 58.9 Å². The molecular weight excluding hydrogens is 244 g/mol. The number of methoxy groups -OCH3 is 1. The molecule has 104 valence electrons. The van der Waals surface area contributed by atoms with Crippen LogP contribution < -0.4 is 9.47 Å². The van der Waals surface area contributed by atoms with Gasteiger partial charge in [0.2, 0.25) is 0 Å². The molecular formula is C15H20O4. The van der Waals surface area contributed by atoms with Gasteiger partial charge in [-0.3, -0.25) is 0 Å². The Hall–Kier alpha value is -1.52. The van der Waals surface area contributed by atoms with Crippen LogP contribution in [0.25, 0.3) is 6.08 Å². The van der Waals surface area contributed by atoms with Gasteiger partial charge in [0, 0.05) is 12.0 Å². The number of hydrogen-bond acceptors (Lipinski definition) is 4. The zero-order valence-electron chi connectivity index (χ0n) is 11.5. The normalized spacial score (nSPS) is 18.5. The molecule has 1 aliphatic heterocycles. The second kappa shape index (κ2) is 5.23. The fourth-order valence-electron chi connectivity index (χ4n) is 2.18. The highest BCUT2D eigenvalue weighted by Gasteiger charge is 2.36. The van der Waals surface area contributed by atoms with Crippen LogP contribution in [-0.4, -0.2) is 35.6 Å². The van der Waals surface area contributed by atoms with Crippen molar-refractivity contribution in [2.75, 3.05) is 13.7 Å². The molecule has 0 saturated carbocycles. The molecule has 2 rings (SSSR count). The fraction of sp³-hybridized carbons (Fsp3) is 0.467. The van der Waals surface area contributed by atoms with E-state index < -0.39 is 5.60 Å². The molecule has 0 aromatic heterocycles. The third kappa shape index (κ3) is 2.91.